The SMILES string of the molecule is OC1(c2ccc(F)cc2)COC2(CCNCC2)C1. The summed E-state index contributed by atoms with van der Waals surface area (Å²) in [4.78, 5) is 0. The van der Waals surface area contributed by atoms with E-state index in [-0.39, 0.29) is 11.4 Å². The molecular weight excluding hydrogens is 233 g/mol. The maximum absolute atomic E-state index is 12.9. The van der Waals surface area contributed by atoms with E-state index < -0.39 is 5.60 Å². The average molecular weight is 251 g/mol. The maximum Gasteiger partial charge on any atom is 0.123 e. The summed E-state index contributed by atoms with van der Waals surface area (Å²) in [5.41, 5.74) is -0.418. The number of aliphatic hydroxyl groups is 1. The van der Waals surface area contributed by atoms with Crippen molar-refractivity contribution in [2.24, 2.45) is 0 Å². The van der Waals surface area contributed by atoms with E-state index in [0.717, 1.165) is 31.5 Å². The molecule has 2 saturated heterocycles. The van der Waals surface area contributed by atoms with Gasteiger partial charge in [-0.15, -0.1) is 0 Å². The molecule has 98 valence electrons. The molecule has 0 aliphatic carbocycles. The Hall–Kier alpha value is -0.970. The first kappa shape index (κ1) is 12.1. The topological polar surface area (TPSA) is 41.5 Å². The maximum atomic E-state index is 12.9. The molecular formula is C14H18FNO2. The minimum atomic E-state index is -0.967. The highest BCUT2D eigenvalue weighted by molar-refractivity contribution is 5.25. The summed E-state index contributed by atoms with van der Waals surface area (Å²) in [5, 5.41) is 14.0. The van der Waals surface area contributed by atoms with Crippen LogP contribution >= 0.6 is 0 Å². The Bertz CT molecular complexity index is 428. The fourth-order valence-electron chi connectivity index (χ4n) is 3.06. The van der Waals surface area contributed by atoms with Crippen LogP contribution in [0.4, 0.5) is 4.39 Å². The smallest absolute Gasteiger partial charge is 0.123 e. The molecule has 0 aromatic heterocycles. The van der Waals surface area contributed by atoms with E-state index in [2.05, 4.69) is 5.32 Å². The molecule has 2 heterocycles. The van der Waals surface area contributed by atoms with Crippen molar-refractivity contribution in [3.63, 3.8) is 0 Å². The fourth-order valence-corrected chi connectivity index (χ4v) is 3.06. The largest absolute Gasteiger partial charge is 0.383 e. The average Bonchev–Trinajstić information content (AvgIpc) is 2.70. The van der Waals surface area contributed by atoms with E-state index in [1.165, 1.54) is 12.1 Å². The zero-order chi connectivity index (χ0) is 12.6. The highest BCUT2D eigenvalue weighted by Gasteiger charge is 2.49. The highest BCUT2D eigenvalue weighted by Crippen LogP contribution is 2.44. The van der Waals surface area contributed by atoms with Crippen molar-refractivity contribution in [3.05, 3.63) is 35.6 Å². The summed E-state index contributed by atoms with van der Waals surface area (Å²) in [6.45, 7) is 2.16. The van der Waals surface area contributed by atoms with Gasteiger partial charge in [-0.05, 0) is 43.6 Å². The molecule has 1 spiro atoms. The van der Waals surface area contributed by atoms with E-state index in [9.17, 15) is 9.50 Å². The summed E-state index contributed by atoms with van der Waals surface area (Å²) in [5.74, 6) is -0.280. The Kier molecular flexibility index (Phi) is 2.88. The van der Waals surface area contributed by atoms with Gasteiger partial charge in [-0.25, -0.2) is 4.39 Å². The second-order valence-corrected chi connectivity index (χ2v) is 5.44. The number of piperidine rings is 1. The molecule has 3 rings (SSSR count). The predicted octanol–water partition coefficient (Wildman–Crippen LogP) is 1.56. The molecule has 2 fully saturated rings. The van der Waals surface area contributed by atoms with E-state index in [0.29, 0.717) is 13.0 Å². The number of halogens is 1. The zero-order valence-corrected chi connectivity index (χ0v) is 10.3. The minimum absolute atomic E-state index is 0.200. The van der Waals surface area contributed by atoms with Crippen LogP contribution in [0.25, 0.3) is 0 Å². The third-order valence-electron chi connectivity index (χ3n) is 4.13. The Morgan fingerprint density at radius 3 is 2.50 bits per heavy atom. The van der Waals surface area contributed by atoms with E-state index >= 15 is 0 Å². The van der Waals surface area contributed by atoms with E-state index in [1.807, 2.05) is 0 Å². The Morgan fingerprint density at radius 1 is 1.17 bits per heavy atom. The molecule has 1 unspecified atom stereocenters. The van der Waals surface area contributed by atoms with Crippen molar-refractivity contribution in [2.75, 3.05) is 19.7 Å². The molecule has 3 nitrogen and oxygen atoms in total. The minimum Gasteiger partial charge on any atom is -0.383 e. The molecule has 0 amide bonds. The lowest BCUT2D eigenvalue weighted by atomic mass is 9.81. The lowest BCUT2D eigenvalue weighted by Crippen LogP contribution is -2.42. The van der Waals surface area contributed by atoms with Crippen LogP contribution in [0.2, 0.25) is 0 Å². The van der Waals surface area contributed by atoms with Crippen molar-refractivity contribution in [2.45, 2.75) is 30.5 Å². The van der Waals surface area contributed by atoms with Crippen LogP contribution in [0.15, 0.2) is 24.3 Å². The number of ether oxygens (including phenoxy) is 1. The van der Waals surface area contributed by atoms with Crippen LogP contribution in [0.1, 0.15) is 24.8 Å². The Morgan fingerprint density at radius 2 is 1.83 bits per heavy atom. The quantitative estimate of drug-likeness (QED) is 0.796. The summed E-state index contributed by atoms with van der Waals surface area (Å²) < 4.78 is 18.8. The van der Waals surface area contributed by atoms with Crippen LogP contribution < -0.4 is 5.32 Å². The molecule has 2 N–H and O–H groups in total. The van der Waals surface area contributed by atoms with Gasteiger partial charge in [0.2, 0.25) is 0 Å². The second kappa shape index (κ2) is 4.30. The van der Waals surface area contributed by atoms with Crippen LogP contribution in [0.3, 0.4) is 0 Å². The standard InChI is InChI=1S/C14H18FNO2/c15-12-3-1-11(2-4-12)14(17)9-13(18-10-14)5-7-16-8-6-13/h1-4,16-17H,5-10H2. The molecule has 2 aliphatic rings. The number of hydrogen-bond acceptors (Lipinski definition) is 3. The van der Waals surface area contributed by atoms with Gasteiger partial charge in [-0.3, -0.25) is 0 Å². The number of nitrogens with one attached hydrogen (secondary N) is 1. The third-order valence-corrected chi connectivity index (χ3v) is 4.13. The van der Waals surface area contributed by atoms with Gasteiger partial charge < -0.3 is 15.2 Å². The van der Waals surface area contributed by atoms with Crippen molar-refractivity contribution < 1.29 is 14.2 Å². The number of hydrogen-bond donors (Lipinski definition) is 2. The van der Waals surface area contributed by atoms with Crippen LogP contribution in [0.5, 0.6) is 0 Å². The first-order chi connectivity index (χ1) is 8.62. The van der Waals surface area contributed by atoms with Gasteiger partial charge in [0.1, 0.15) is 11.4 Å². The molecule has 4 heteroatoms. The van der Waals surface area contributed by atoms with Crippen LogP contribution in [0, 0.1) is 5.82 Å². The Balaban J connectivity index is 1.82. The zero-order valence-electron chi connectivity index (χ0n) is 10.3. The van der Waals surface area contributed by atoms with E-state index in [4.69, 9.17) is 4.74 Å². The molecule has 0 bridgehead atoms. The van der Waals surface area contributed by atoms with Crippen molar-refractivity contribution in [1.82, 2.24) is 5.32 Å². The predicted molar refractivity (Wildman–Crippen MR) is 65.7 cm³/mol. The third kappa shape index (κ3) is 2.05. The highest BCUT2D eigenvalue weighted by atomic mass is 19.1. The van der Waals surface area contributed by atoms with Gasteiger partial charge in [0, 0.05) is 6.42 Å². The molecule has 1 atom stereocenters. The number of benzene rings is 1. The monoisotopic (exact) mass is 251 g/mol. The van der Waals surface area contributed by atoms with Crippen LogP contribution in [-0.4, -0.2) is 30.4 Å². The van der Waals surface area contributed by atoms with Gasteiger partial charge in [-0.1, -0.05) is 12.1 Å². The lowest BCUT2D eigenvalue weighted by Gasteiger charge is -2.33. The van der Waals surface area contributed by atoms with Gasteiger partial charge in [-0.2, -0.15) is 0 Å². The molecule has 0 radical (unpaired) electrons. The Labute approximate surface area is 106 Å². The van der Waals surface area contributed by atoms with E-state index in [1.54, 1.807) is 12.1 Å². The van der Waals surface area contributed by atoms with Crippen molar-refractivity contribution in [1.29, 1.82) is 0 Å². The van der Waals surface area contributed by atoms with Gasteiger partial charge in [0.05, 0.1) is 12.2 Å². The molecule has 1 aromatic rings. The fraction of sp³-hybridized carbons (Fsp3) is 0.571. The molecule has 2 aliphatic heterocycles. The molecule has 0 saturated carbocycles. The molecule has 1 aromatic carbocycles. The van der Waals surface area contributed by atoms with Crippen LogP contribution in [-0.2, 0) is 10.3 Å². The second-order valence-electron chi connectivity index (χ2n) is 5.44. The lowest BCUT2D eigenvalue weighted by molar-refractivity contribution is -0.0274. The van der Waals surface area contributed by atoms with Crippen molar-refractivity contribution >= 4 is 0 Å². The first-order valence-electron chi connectivity index (χ1n) is 6.45. The van der Waals surface area contributed by atoms with Gasteiger partial charge >= 0.3 is 0 Å². The van der Waals surface area contributed by atoms with Gasteiger partial charge in [0.25, 0.3) is 0 Å². The first-order valence-corrected chi connectivity index (χ1v) is 6.45. The summed E-state index contributed by atoms with van der Waals surface area (Å²) in [7, 11) is 0. The van der Waals surface area contributed by atoms with Gasteiger partial charge in [0.15, 0.2) is 0 Å². The number of rotatable bonds is 1. The molecule has 18 heavy (non-hydrogen) atoms. The summed E-state index contributed by atoms with van der Waals surface area (Å²) >= 11 is 0. The summed E-state index contributed by atoms with van der Waals surface area (Å²) in [6, 6.07) is 6.08. The normalized spacial score (nSPS) is 30.8. The van der Waals surface area contributed by atoms with Crippen molar-refractivity contribution in [3.8, 4) is 0 Å². The summed E-state index contributed by atoms with van der Waals surface area (Å²) in [6.07, 6.45) is 2.46.